The topological polar surface area (TPSA) is 114 Å². The summed E-state index contributed by atoms with van der Waals surface area (Å²) >= 11 is 0. The molecule has 0 heterocycles. The average Bonchev–Trinajstić information content (AvgIpc) is 3.17. The molecule has 2 amide bonds. The van der Waals surface area contributed by atoms with Gasteiger partial charge in [0.05, 0.1) is 13.0 Å². The minimum Gasteiger partial charge on any atom is -0.481 e. The van der Waals surface area contributed by atoms with E-state index in [4.69, 9.17) is 14.2 Å². The first kappa shape index (κ1) is 26.2. The number of amides is 2. The molecule has 0 saturated heterocycles. The minimum absolute atomic E-state index is 0.0646. The Bertz CT molecular complexity index is 981. The molecule has 188 valence electrons. The van der Waals surface area contributed by atoms with Crippen molar-refractivity contribution in [1.29, 1.82) is 0 Å². The van der Waals surface area contributed by atoms with E-state index in [2.05, 4.69) is 5.32 Å². The van der Waals surface area contributed by atoms with E-state index in [0.29, 0.717) is 19.6 Å². The third-order valence-corrected chi connectivity index (χ3v) is 5.97. The van der Waals surface area contributed by atoms with Crippen LogP contribution >= 0.6 is 0 Å². The van der Waals surface area contributed by atoms with Gasteiger partial charge in [-0.25, -0.2) is 4.79 Å². The van der Waals surface area contributed by atoms with Crippen LogP contribution in [0, 0.1) is 0 Å². The summed E-state index contributed by atoms with van der Waals surface area (Å²) in [6.45, 7) is 1.40. The number of hydrogen-bond acceptors (Lipinski definition) is 6. The zero-order valence-corrected chi connectivity index (χ0v) is 20.1. The van der Waals surface area contributed by atoms with Crippen molar-refractivity contribution in [3.05, 3.63) is 59.7 Å². The van der Waals surface area contributed by atoms with Gasteiger partial charge in [-0.3, -0.25) is 9.59 Å². The van der Waals surface area contributed by atoms with Gasteiger partial charge in [0.15, 0.2) is 0 Å². The maximum Gasteiger partial charge on any atom is 0.407 e. The largest absolute Gasteiger partial charge is 0.481 e. The van der Waals surface area contributed by atoms with Gasteiger partial charge >= 0.3 is 12.1 Å². The van der Waals surface area contributed by atoms with Crippen LogP contribution in [0.2, 0.25) is 0 Å². The third-order valence-electron chi connectivity index (χ3n) is 5.97. The maximum atomic E-state index is 13.1. The lowest BCUT2D eigenvalue weighted by Gasteiger charge is -2.27. The van der Waals surface area contributed by atoms with Crippen molar-refractivity contribution in [2.24, 2.45) is 0 Å². The fraction of sp³-hybridized carbons (Fsp3) is 0.423. The summed E-state index contributed by atoms with van der Waals surface area (Å²) in [7, 11) is 3.08. The zero-order valence-electron chi connectivity index (χ0n) is 20.1. The molecule has 1 aliphatic carbocycles. The Morgan fingerprint density at radius 3 is 2.11 bits per heavy atom. The number of benzene rings is 2. The van der Waals surface area contributed by atoms with E-state index < -0.39 is 30.4 Å². The smallest absolute Gasteiger partial charge is 0.407 e. The Balaban J connectivity index is 1.67. The number of methoxy groups -OCH3 is 2. The second kappa shape index (κ2) is 12.9. The highest BCUT2D eigenvalue weighted by molar-refractivity contribution is 5.89. The number of nitrogens with one attached hydrogen (secondary N) is 1. The van der Waals surface area contributed by atoms with Crippen molar-refractivity contribution in [3.63, 3.8) is 0 Å². The first-order chi connectivity index (χ1) is 17.0. The predicted octanol–water partition coefficient (Wildman–Crippen LogP) is 2.88. The van der Waals surface area contributed by atoms with Crippen molar-refractivity contribution in [2.45, 2.75) is 24.8 Å². The van der Waals surface area contributed by atoms with Gasteiger partial charge in [-0.2, -0.15) is 0 Å². The molecule has 2 aromatic carbocycles. The fourth-order valence-electron chi connectivity index (χ4n) is 4.31. The predicted molar refractivity (Wildman–Crippen MR) is 129 cm³/mol. The van der Waals surface area contributed by atoms with E-state index in [1.807, 2.05) is 48.5 Å². The second-order valence-electron chi connectivity index (χ2n) is 8.28. The van der Waals surface area contributed by atoms with Crippen molar-refractivity contribution < 1.29 is 33.7 Å². The summed E-state index contributed by atoms with van der Waals surface area (Å²) in [5.41, 5.74) is 4.31. The lowest BCUT2D eigenvalue weighted by atomic mass is 9.98. The van der Waals surface area contributed by atoms with Gasteiger partial charge in [-0.05, 0) is 28.7 Å². The van der Waals surface area contributed by atoms with Crippen LogP contribution in [0.3, 0.4) is 0 Å². The van der Waals surface area contributed by atoms with Crippen molar-refractivity contribution >= 4 is 18.0 Å². The monoisotopic (exact) mass is 484 g/mol. The van der Waals surface area contributed by atoms with Gasteiger partial charge in [0.1, 0.15) is 12.6 Å². The van der Waals surface area contributed by atoms with Gasteiger partial charge in [-0.1, -0.05) is 48.5 Å². The number of carbonyl (C=O) groups is 3. The van der Waals surface area contributed by atoms with E-state index in [0.717, 1.165) is 22.3 Å². The molecule has 2 N–H and O–H groups in total. The van der Waals surface area contributed by atoms with Crippen molar-refractivity contribution in [1.82, 2.24) is 10.2 Å². The number of fused-ring (bicyclic) bond motifs is 3. The van der Waals surface area contributed by atoms with Crippen LogP contribution in [-0.4, -0.2) is 81.1 Å². The summed E-state index contributed by atoms with van der Waals surface area (Å²) in [4.78, 5) is 38.7. The molecular formula is C26H32N2O7. The Kier molecular flexibility index (Phi) is 9.63. The summed E-state index contributed by atoms with van der Waals surface area (Å²) in [6.07, 6.45) is -0.831. The normalized spacial score (nSPS) is 13.0. The van der Waals surface area contributed by atoms with Gasteiger partial charge < -0.3 is 29.5 Å². The fourth-order valence-corrected chi connectivity index (χ4v) is 4.31. The third kappa shape index (κ3) is 6.80. The van der Waals surface area contributed by atoms with E-state index in [-0.39, 0.29) is 25.7 Å². The Labute approximate surface area is 205 Å². The van der Waals surface area contributed by atoms with Crippen LogP contribution in [0.4, 0.5) is 4.79 Å². The van der Waals surface area contributed by atoms with Crippen LogP contribution < -0.4 is 5.32 Å². The molecule has 3 rings (SSSR count). The summed E-state index contributed by atoms with van der Waals surface area (Å²) in [6, 6.07) is 14.6. The number of nitrogens with zero attached hydrogens (tertiary/aromatic N) is 1. The average molecular weight is 485 g/mol. The number of hydrogen-bond donors (Lipinski definition) is 2. The van der Waals surface area contributed by atoms with Crippen LogP contribution in [0.15, 0.2) is 48.5 Å². The molecule has 0 saturated carbocycles. The van der Waals surface area contributed by atoms with E-state index in [1.54, 1.807) is 7.11 Å². The molecule has 0 aliphatic heterocycles. The SMILES string of the molecule is COCCCN(CCOC)C(=O)C(CC(=O)O)NC(=O)OCC1c2ccccc2-c2ccccc21. The standard InChI is InChI=1S/C26H32N2O7/c1-33-14-7-12-28(13-15-34-2)25(31)23(16-24(29)30)27-26(32)35-17-22-20-10-5-3-8-18(20)19-9-4-6-11-21(19)22/h3-6,8-11,22-23H,7,12-17H2,1-2H3,(H,27,32)(H,29,30). The van der Waals surface area contributed by atoms with Crippen LogP contribution in [-0.2, 0) is 23.8 Å². The molecule has 1 aliphatic rings. The molecular weight excluding hydrogens is 452 g/mol. The first-order valence-electron chi connectivity index (χ1n) is 11.6. The first-order valence-corrected chi connectivity index (χ1v) is 11.6. The molecule has 35 heavy (non-hydrogen) atoms. The zero-order chi connectivity index (χ0) is 25.2. The van der Waals surface area contributed by atoms with Crippen molar-refractivity contribution in [3.8, 4) is 11.1 Å². The van der Waals surface area contributed by atoms with Crippen LogP contribution in [0.5, 0.6) is 0 Å². The highest BCUT2D eigenvalue weighted by atomic mass is 16.5. The van der Waals surface area contributed by atoms with E-state index >= 15 is 0 Å². The lowest BCUT2D eigenvalue weighted by molar-refractivity contribution is -0.142. The van der Waals surface area contributed by atoms with Gasteiger partial charge in [-0.15, -0.1) is 0 Å². The highest BCUT2D eigenvalue weighted by Crippen LogP contribution is 2.44. The molecule has 2 aromatic rings. The number of ether oxygens (including phenoxy) is 3. The molecule has 0 aromatic heterocycles. The molecule has 1 atom stereocenters. The number of carboxylic acid groups (broad SMARTS) is 1. The second-order valence-corrected chi connectivity index (χ2v) is 8.28. The minimum atomic E-state index is -1.26. The number of rotatable bonds is 13. The maximum absolute atomic E-state index is 13.1. The van der Waals surface area contributed by atoms with Gasteiger partial charge in [0, 0.05) is 39.8 Å². The summed E-state index contributed by atoms with van der Waals surface area (Å²) in [5, 5.41) is 11.8. The number of carboxylic acids is 1. The van der Waals surface area contributed by atoms with Crippen molar-refractivity contribution in [2.75, 3.05) is 47.1 Å². The highest BCUT2D eigenvalue weighted by Gasteiger charge is 2.31. The molecule has 0 bridgehead atoms. The molecule has 9 nitrogen and oxygen atoms in total. The molecule has 0 spiro atoms. The number of carbonyl (C=O) groups excluding carboxylic acids is 2. The Morgan fingerprint density at radius 2 is 1.54 bits per heavy atom. The molecule has 0 fully saturated rings. The lowest BCUT2D eigenvalue weighted by Crippen LogP contribution is -2.51. The Hall–Kier alpha value is -3.43. The summed E-state index contributed by atoms with van der Waals surface area (Å²) < 4.78 is 15.6. The van der Waals surface area contributed by atoms with E-state index in [9.17, 15) is 19.5 Å². The quantitative estimate of drug-likeness (QED) is 0.420. The van der Waals surface area contributed by atoms with Gasteiger partial charge in [0.25, 0.3) is 0 Å². The number of alkyl carbamates (subject to hydrolysis) is 1. The molecule has 9 heteroatoms. The molecule has 1 unspecified atom stereocenters. The van der Waals surface area contributed by atoms with Crippen LogP contribution in [0.25, 0.3) is 11.1 Å². The van der Waals surface area contributed by atoms with E-state index in [1.165, 1.54) is 12.0 Å². The number of aliphatic carboxylic acids is 1. The summed E-state index contributed by atoms with van der Waals surface area (Å²) in [5.74, 6) is -1.85. The van der Waals surface area contributed by atoms with Crippen LogP contribution in [0.1, 0.15) is 29.9 Å². The van der Waals surface area contributed by atoms with Gasteiger partial charge in [0.2, 0.25) is 5.91 Å². The Morgan fingerprint density at radius 1 is 0.943 bits per heavy atom. The molecule has 0 radical (unpaired) electrons.